The summed E-state index contributed by atoms with van der Waals surface area (Å²) < 4.78 is 31.9. The number of ether oxygens (including phenoxy) is 1. The lowest BCUT2D eigenvalue weighted by atomic mass is 10.1. The Morgan fingerprint density at radius 2 is 1.93 bits per heavy atom. The number of hydrogen-bond acceptors (Lipinski definition) is 7. The predicted octanol–water partition coefficient (Wildman–Crippen LogP) is 1.63. The van der Waals surface area contributed by atoms with Gasteiger partial charge in [-0.3, -0.25) is 4.79 Å². The zero-order valence-electron chi connectivity index (χ0n) is 15.3. The molecule has 3 rings (SSSR count). The van der Waals surface area contributed by atoms with Crippen molar-refractivity contribution in [2.45, 2.75) is 24.9 Å². The minimum absolute atomic E-state index is 0.358. The Morgan fingerprint density at radius 3 is 2.54 bits per heavy atom. The first-order valence-electron chi connectivity index (χ1n) is 8.69. The van der Waals surface area contributed by atoms with Gasteiger partial charge in [-0.05, 0) is 55.7 Å². The van der Waals surface area contributed by atoms with E-state index in [0.717, 1.165) is 36.5 Å². The van der Waals surface area contributed by atoms with E-state index in [4.69, 9.17) is 14.3 Å². The van der Waals surface area contributed by atoms with E-state index in [0.29, 0.717) is 5.69 Å². The first-order chi connectivity index (χ1) is 13.2. The van der Waals surface area contributed by atoms with Crippen LogP contribution in [0.4, 0.5) is 11.4 Å². The van der Waals surface area contributed by atoms with Gasteiger partial charge in [0, 0.05) is 24.5 Å². The van der Waals surface area contributed by atoms with E-state index < -0.39 is 33.6 Å². The Hall–Kier alpha value is -2.85. The van der Waals surface area contributed by atoms with Crippen LogP contribution in [0.2, 0.25) is 0 Å². The monoisotopic (exact) mass is 407 g/mol. The molecule has 10 heteroatoms. The van der Waals surface area contributed by atoms with E-state index in [1.54, 1.807) is 0 Å². The number of rotatable bonds is 6. The number of carbonyl (C=O) groups excluding carboxylic acids is 2. The highest BCUT2D eigenvalue weighted by molar-refractivity contribution is 7.89. The molecule has 1 aromatic carbocycles. The van der Waals surface area contributed by atoms with Crippen molar-refractivity contribution in [3.63, 3.8) is 0 Å². The molecule has 3 N–H and O–H groups in total. The summed E-state index contributed by atoms with van der Waals surface area (Å²) in [5.41, 5.74) is 2.63. The van der Waals surface area contributed by atoms with Gasteiger partial charge in [0.2, 0.25) is 10.9 Å². The molecule has 2 aromatic rings. The smallest absolute Gasteiger partial charge is 0.374 e. The van der Waals surface area contributed by atoms with Gasteiger partial charge in [-0.2, -0.15) is 0 Å². The normalized spacial score (nSPS) is 14.1. The topological polar surface area (TPSA) is 132 Å². The number of sulfonamides is 1. The summed E-state index contributed by atoms with van der Waals surface area (Å²) in [5.74, 6) is -1.85. The molecule has 0 atom stereocenters. The van der Waals surface area contributed by atoms with Crippen molar-refractivity contribution in [2.24, 2.45) is 5.14 Å². The van der Waals surface area contributed by atoms with Gasteiger partial charge in [0.25, 0.3) is 15.9 Å². The second kappa shape index (κ2) is 8.03. The van der Waals surface area contributed by atoms with Crippen LogP contribution in [0.1, 0.15) is 29.0 Å². The summed E-state index contributed by atoms with van der Waals surface area (Å²) in [6.45, 7) is 3.40. The Balaban J connectivity index is 1.55. The Labute approximate surface area is 162 Å². The van der Waals surface area contributed by atoms with Crippen molar-refractivity contribution in [3.05, 3.63) is 41.7 Å². The van der Waals surface area contributed by atoms with Crippen LogP contribution in [0.3, 0.4) is 0 Å². The predicted molar refractivity (Wildman–Crippen MR) is 102 cm³/mol. The molecule has 28 heavy (non-hydrogen) atoms. The van der Waals surface area contributed by atoms with Crippen LogP contribution in [-0.2, 0) is 19.6 Å². The number of nitrogens with zero attached hydrogens (tertiary/aromatic N) is 1. The van der Waals surface area contributed by atoms with E-state index >= 15 is 0 Å². The Bertz CT molecular complexity index is 992. The number of anilines is 2. The molecule has 1 aliphatic rings. The van der Waals surface area contributed by atoms with Crippen molar-refractivity contribution in [3.8, 4) is 0 Å². The van der Waals surface area contributed by atoms with Crippen molar-refractivity contribution in [2.75, 3.05) is 29.9 Å². The average Bonchev–Trinajstić information content (AvgIpc) is 3.32. The van der Waals surface area contributed by atoms with Crippen LogP contribution in [0.25, 0.3) is 0 Å². The Morgan fingerprint density at radius 1 is 1.21 bits per heavy atom. The van der Waals surface area contributed by atoms with Gasteiger partial charge in [0.15, 0.2) is 6.61 Å². The van der Waals surface area contributed by atoms with E-state index in [9.17, 15) is 18.0 Å². The van der Waals surface area contributed by atoms with E-state index in [-0.39, 0.29) is 5.76 Å². The largest absolute Gasteiger partial charge is 0.450 e. The lowest BCUT2D eigenvalue weighted by molar-refractivity contribution is -0.119. The molecule has 150 valence electrons. The summed E-state index contributed by atoms with van der Waals surface area (Å²) in [6.07, 6.45) is 2.36. The summed E-state index contributed by atoms with van der Waals surface area (Å²) >= 11 is 0. The standard InChI is InChI=1S/C18H21N3O6S/c1-12-10-13(21-8-2-3-9-21)4-5-14(12)20-16(22)11-26-18(23)15-6-7-17(27-15)28(19,24)25/h4-7,10H,2-3,8-9,11H2,1H3,(H,20,22)(H2,19,24,25). The molecule has 1 amide bonds. The number of nitrogens with one attached hydrogen (secondary N) is 1. The van der Waals surface area contributed by atoms with Gasteiger partial charge in [0.1, 0.15) is 0 Å². The van der Waals surface area contributed by atoms with Crippen molar-refractivity contribution < 1.29 is 27.2 Å². The molecule has 0 spiro atoms. The third-order valence-electron chi connectivity index (χ3n) is 4.35. The number of nitrogens with two attached hydrogens (primary N) is 1. The van der Waals surface area contributed by atoms with Crippen LogP contribution in [0.5, 0.6) is 0 Å². The molecule has 0 bridgehead atoms. The average molecular weight is 407 g/mol. The fraction of sp³-hybridized carbons (Fsp3) is 0.333. The quantitative estimate of drug-likeness (QED) is 0.696. The number of amides is 1. The van der Waals surface area contributed by atoms with Gasteiger partial charge in [0.05, 0.1) is 0 Å². The third-order valence-corrected chi connectivity index (χ3v) is 5.13. The molecular formula is C18H21N3O6S. The molecule has 1 aromatic heterocycles. The molecule has 1 saturated heterocycles. The van der Waals surface area contributed by atoms with Gasteiger partial charge in [-0.1, -0.05) is 0 Å². The first kappa shape index (κ1) is 19.9. The van der Waals surface area contributed by atoms with Gasteiger partial charge in [-0.25, -0.2) is 18.4 Å². The minimum Gasteiger partial charge on any atom is -0.450 e. The highest BCUT2D eigenvalue weighted by Gasteiger charge is 2.19. The van der Waals surface area contributed by atoms with Crippen LogP contribution >= 0.6 is 0 Å². The number of aryl methyl sites for hydroxylation is 1. The number of esters is 1. The zero-order valence-corrected chi connectivity index (χ0v) is 16.1. The molecule has 1 aliphatic heterocycles. The second-order valence-electron chi connectivity index (χ2n) is 6.48. The van der Waals surface area contributed by atoms with E-state index in [1.807, 2.05) is 25.1 Å². The fourth-order valence-corrected chi connectivity index (χ4v) is 3.40. The second-order valence-corrected chi connectivity index (χ2v) is 7.97. The van der Waals surface area contributed by atoms with Crippen LogP contribution in [0.15, 0.2) is 39.8 Å². The lowest BCUT2D eigenvalue weighted by Crippen LogP contribution is -2.22. The highest BCUT2D eigenvalue weighted by atomic mass is 32.2. The maximum absolute atomic E-state index is 12.1. The fourth-order valence-electron chi connectivity index (χ4n) is 2.93. The minimum atomic E-state index is -4.06. The molecule has 9 nitrogen and oxygen atoms in total. The van der Waals surface area contributed by atoms with Gasteiger partial charge < -0.3 is 19.4 Å². The molecule has 0 saturated carbocycles. The molecule has 2 heterocycles. The summed E-state index contributed by atoms with van der Waals surface area (Å²) in [5, 5.41) is 7.03. The number of carbonyl (C=O) groups is 2. The lowest BCUT2D eigenvalue weighted by Gasteiger charge is -2.19. The molecule has 0 radical (unpaired) electrons. The summed E-state index contributed by atoms with van der Waals surface area (Å²) in [7, 11) is -4.06. The summed E-state index contributed by atoms with van der Waals surface area (Å²) in [4.78, 5) is 26.2. The maximum Gasteiger partial charge on any atom is 0.374 e. The summed E-state index contributed by atoms with van der Waals surface area (Å²) in [6, 6.07) is 7.91. The van der Waals surface area contributed by atoms with Crippen molar-refractivity contribution >= 4 is 33.3 Å². The van der Waals surface area contributed by atoms with Crippen LogP contribution < -0.4 is 15.4 Å². The zero-order chi connectivity index (χ0) is 20.3. The van der Waals surface area contributed by atoms with Crippen LogP contribution in [0, 0.1) is 6.92 Å². The number of benzene rings is 1. The molecule has 0 aliphatic carbocycles. The highest BCUT2D eigenvalue weighted by Crippen LogP contribution is 2.25. The maximum atomic E-state index is 12.1. The van der Waals surface area contributed by atoms with Gasteiger partial charge >= 0.3 is 5.97 Å². The van der Waals surface area contributed by atoms with Crippen LogP contribution in [-0.4, -0.2) is 40.0 Å². The van der Waals surface area contributed by atoms with E-state index in [2.05, 4.69) is 10.2 Å². The third kappa shape index (κ3) is 4.70. The Kier molecular flexibility index (Phi) is 5.71. The van der Waals surface area contributed by atoms with Crippen molar-refractivity contribution in [1.82, 2.24) is 0 Å². The number of primary sulfonamides is 1. The SMILES string of the molecule is Cc1cc(N2CCCC2)ccc1NC(=O)COC(=O)c1ccc(S(N)(=O)=O)o1. The van der Waals surface area contributed by atoms with Crippen molar-refractivity contribution in [1.29, 1.82) is 0 Å². The molecular weight excluding hydrogens is 386 g/mol. The molecule has 0 unspecified atom stereocenters. The number of furan rings is 1. The van der Waals surface area contributed by atoms with E-state index in [1.165, 1.54) is 12.8 Å². The first-order valence-corrected chi connectivity index (χ1v) is 10.2. The molecule has 1 fully saturated rings. The number of hydrogen-bond donors (Lipinski definition) is 2. The van der Waals surface area contributed by atoms with Gasteiger partial charge in [-0.15, -0.1) is 0 Å².